The van der Waals surface area contributed by atoms with Crippen molar-refractivity contribution in [2.75, 3.05) is 6.54 Å². The van der Waals surface area contributed by atoms with Crippen molar-refractivity contribution < 1.29 is 9.59 Å². The molecule has 2 aromatic carbocycles. The summed E-state index contributed by atoms with van der Waals surface area (Å²) in [6.07, 6.45) is 0. The molecule has 0 saturated carbocycles. The number of nitrogens with one attached hydrogen (secondary N) is 1. The lowest BCUT2D eigenvalue weighted by atomic mass is 10.1. The third kappa shape index (κ3) is 4.45. The average Bonchev–Trinajstić information content (AvgIpc) is 2.54. The van der Waals surface area contributed by atoms with E-state index < -0.39 is 5.91 Å². The number of aryl methyl sites for hydroxylation is 2. The zero-order chi connectivity index (χ0) is 16.8. The molecule has 0 aliphatic rings. The third-order valence-electron chi connectivity index (χ3n) is 3.51. The Morgan fingerprint density at radius 1 is 1.00 bits per heavy atom. The average molecular weight is 306 g/mol. The minimum Gasteiger partial charge on any atom is -0.366 e. The van der Waals surface area contributed by atoms with Crippen molar-refractivity contribution in [3.05, 3.63) is 70.3 Å². The Balaban J connectivity index is 1.93. The maximum absolute atomic E-state index is 12.0. The topological polar surface area (TPSA) is 72.2 Å². The predicted molar refractivity (Wildman–Crippen MR) is 90.1 cm³/mol. The van der Waals surface area contributed by atoms with E-state index in [-0.39, 0.29) is 12.5 Å². The molecule has 0 saturated heterocycles. The van der Waals surface area contributed by atoms with Gasteiger partial charge in [-0.05, 0) is 61.4 Å². The number of hydrogen-bond acceptors (Lipinski definition) is 2. The number of carbonyl (C=O) groups is 2. The van der Waals surface area contributed by atoms with Crippen LogP contribution in [0.3, 0.4) is 0 Å². The van der Waals surface area contributed by atoms with Gasteiger partial charge in [0, 0.05) is 16.7 Å². The van der Waals surface area contributed by atoms with E-state index in [9.17, 15) is 9.59 Å². The minimum absolute atomic E-state index is 0.147. The molecule has 0 fully saturated rings. The fourth-order valence-electron chi connectivity index (χ4n) is 1.97. The molecule has 2 rings (SSSR count). The SMILES string of the molecule is Cc1ccc(C(=O)NCC#Cc2ccc(C(N)=O)cc2)cc1C. The zero-order valence-corrected chi connectivity index (χ0v) is 13.1. The quantitative estimate of drug-likeness (QED) is 0.853. The van der Waals surface area contributed by atoms with Crippen LogP contribution in [-0.4, -0.2) is 18.4 Å². The fourth-order valence-corrected chi connectivity index (χ4v) is 1.97. The van der Waals surface area contributed by atoms with E-state index in [1.165, 1.54) is 0 Å². The van der Waals surface area contributed by atoms with Crippen LogP contribution in [-0.2, 0) is 0 Å². The molecule has 0 bridgehead atoms. The molecular weight excluding hydrogens is 288 g/mol. The van der Waals surface area contributed by atoms with Gasteiger partial charge in [0.25, 0.3) is 5.91 Å². The van der Waals surface area contributed by atoms with Crippen molar-refractivity contribution in [3.63, 3.8) is 0 Å². The molecule has 0 heterocycles. The monoisotopic (exact) mass is 306 g/mol. The van der Waals surface area contributed by atoms with Crippen molar-refractivity contribution in [1.82, 2.24) is 5.32 Å². The molecule has 0 unspecified atom stereocenters. The standard InChI is InChI=1S/C19H18N2O2/c1-13-5-8-17(12-14(13)2)19(23)21-11-3-4-15-6-9-16(10-7-15)18(20)22/h5-10,12H,11H2,1-2H3,(H2,20,22)(H,21,23). The lowest BCUT2D eigenvalue weighted by molar-refractivity contribution is 0.0957. The lowest BCUT2D eigenvalue weighted by Crippen LogP contribution is -2.23. The smallest absolute Gasteiger partial charge is 0.252 e. The van der Waals surface area contributed by atoms with Crippen LogP contribution in [0.2, 0.25) is 0 Å². The molecule has 0 radical (unpaired) electrons. The van der Waals surface area contributed by atoms with Crippen molar-refractivity contribution in [3.8, 4) is 11.8 Å². The first-order valence-electron chi connectivity index (χ1n) is 7.21. The summed E-state index contributed by atoms with van der Waals surface area (Å²) in [4.78, 5) is 23.0. The number of amides is 2. The molecule has 0 aliphatic carbocycles. The maximum Gasteiger partial charge on any atom is 0.252 e. The second-order valence-electron chi connectivity index (χ2n) is 5.23. The third-order valence-corrected chi connectivity index (χ3v) is 3.51. The highest BCUT2D eigenvalue weighted by Crippen LogP contribution is 2.09. The highest BCUT2D eigenvalue weighted by Gasteiger charge is 2.04. The second-order valence-corrected chi connectivity index (χ2v) is 5.23. The predicted octanol–water partition coefficient (Wildman–Crippen LogP) is 2.18. The van der Waals surface area contributed by atoms with E-state index >= 15 is 0 Å². The number of carbonyl (C=O) groups excluding carboxylic acids is 2. The van der Waals surface area contributed by atoms with Crippen molar-refractivity contribution in [2.45, 2.75) is 13.8 Å². The lowest BCUT2D eigenvalue weighted by Gasteiger charge is -2.04. The summed E-state index contributed by atoms with van der Waals surface area (Å²) in [6.45, 7) is 4.23. The van der Waals surface area contributed by atoms with Gasteiger partial charge >= 0.3 is 0 Å². The van der Waals surface area contributed by atoms with Gasteiger partial charge in [-0.25, -0.2) is 0 Å². The van der Waals surface area contributed by atoms with Gasteiger partial charge < -0.3 is 11.1 Å². The summed E-state index contributed by atoms with van der Waals surface area (Å²) in [6, 6.07) is 12.3. The molecule has 23 heavy (non-hydrogen) atoms. The van der Waals surface area contributed by atoms with Crippen LogP contribution in [0.1, 0.15) is 37.4 Å². The van der Waals surface area contributed by atoms with Crippen molar-refractivity contribution in [2.24, 2.45) is 5.73 Å². The number of hydrogen-bond donors (Lipinski definition) is 2. The van der Waals surface area contributed by atoms with E-state index in [0.29, 0.717) is 11.1 Å². The molecular formula is C19H18N2O2. The van der Waals surface area contributed by atoms with Crippen LogP contribution in [0.4, 0.5) is 0 Å². The van der Waals surface area contributed by atoms with Gasteiger partial charge in [-0.3, -0.25) is 9.59 Å². The number of nitrogens with two attached hydrogens (primary N) is 1. The summed E-state index contributed by atoms with van der Waals surface area (Å²) in [7, 11) is 0. The van der Waals surface area contributed by atoms with Gasteiger partial charge in [0.1, 0.15) is 0 Å². The van der Waals surface area contributed by atoms with Gasteiger partial charge in [0.15, 0.2) is 0 Å². The first-order chi connectivity index (χ1) is 11.0. The van der Waals surface area contributed by atoms with Crippen LogP contribution in [0, 0.1) is 25.7 Å². The summed E-state index contributed by atoms with van der Waals surface area (Å²) < 4.78 is 0. The Hall–Kier alpha value is -3.06. The highest BCUT2D eigenvalue weighted by molar-refractivity contribution is 5.94. The number of primary amides is 1. The minimum atomic E-state index is -0.467. The molecule has 4 nitrogen and oxygen atoms in total. The summed E-state index contributed by atoms with van der Waals surface area (Å²) >= 11 is 0. The molecule has 0 aromatic heterocycles. The molecule has 4 heteroatoms. The molecule has 0 atom stereocenters. The normalized spacial score (nSPS) is 9.65. The van der Waals surface area contributed by atoms with Crippen LogP contribution in [0.15, 0.2) is 42.5 Å². The molecule has 0 spiro atoms. The highest BCUT2D eigenvalue weighted by atomic mass is 16.2. The molecule has 0 aliphatic heterocycles. The van der Waals surface area contributed by atoms with Crippen LogP contribution < -0.4 is 11.1 Å². The van der Waals surface area contributed by atoms with Crippen LogP contribution in [0.5, 0.6) is 0 Å². The van der Waals surface area contributed by atoms with Gasteiger partial charge in [-0.15, -0.1) is 0 Å². The Labute approximate surface area is 135 Å². The zero-order valence-electron chi connectivity index (χ0n) is 13.1. The molecule has 3 N–H and O–H groups in total. The van der Waals surface area contributed by atoms with Gasteiger partial charge in [0.05, 0.1) is 6.54 Å². The molecule has 2 aromatic rings. The van der Waals surface area contributed by atoms with E-state index in [0.717, 1.165) is 16.7 Å². The Kier molecular flexibility index (Phi) is 5.16. The van der Waals surface area contributed by atoms with E-state index in [4.69, 9.17) is 5.73 Å². The first kappa shape index (κ1) is 16.3. The van der Waals surface area contributed by atoms with Gasteiger partial charge in [-0.2, -0.15) is 0 Å². The van der Waals surface area contributed by atoms with Crippen LogP contribution in [0.25, 0.3) is 0 Å². The fraction of sp³-hybridized carbons (Fsp3) is 0.158. The molecule has 2 amide bonds. The summed E-state index contributed by atoms with van der Waals surface area (Å²) in [5.74, 6) is 5.19. The van der Waals surface area contributed by atoms with Crippen molar-refractivity contribution >= 4 is 11.8 Å². The van der Waals surface area contributed by atoms with E-state index in [1.54, 1.807) is 30.3 Å². The Bertz CT molecular complexity index is 796. The second kappa shape index (κ2) is 7.28. The number of rotatable bonds is 3. The molecule has 116 valence electrons. The number of benzene rings is 2. The Morgan fingerprint density at radius 2 is 1.65 bits per heavy atom. The van der Waals surface area contributed by atoms with Crippen molar-refractivity contribution in [1.29, 1.82) is 0 Å². The first-order valence-corrected chi connectivity index (χ1v) is 7.21. The summed E-state index contributed by atoms with van der Waals surface area (Å²) in [5.41, 5.74) is 9.24. The maximum atomic E-state index is 12.0. The largest absolute Gasteiger partial charge is 0.366 e. The van der Waals surface area contributed by atoms with Gasteiger partial charge in [-0.1, -0.05) is 17.9 Å². The van der Waals surface area contributed by atoms with Crippen LogP contribution >= 0.6 is 0 Å². The Morgan fingerprint density at radius 3 is 2.26 bits per heavy atom. The van der Waals surface area contributed by atoms with Gasteiger partial charge in [0.2, 0.25) is 5.91 Å². The summed E-state index contributed by atoms with van der Waals surface area (Å²) in [5, 5.41) is 2.76. The van der Waals surface area contributed by atoms with E-state index in [2.05, 4.69) is 17.2 Å². The van der Waals surface area contributed by atoms with E-state index in [1.807, 2.05) is 26.0 Å².